The molecule has 0 amide bonds. The van der Waals surface area contributed by atoms with Gasteiger partial charge < -0.3 is 4.74 Å². The number of rotatable bonds is 8. The van der Waals surface area contributed by atoms with Gasteiger partial charge in [-0.2, -0.15) is 0 Å². The second-order valence-electron chi connectivity index (χ2n) is 17.3. The summed E-state index contributed by atoms with van der Waals surface area (Å²) in [6, 6.07) is 29.6. The van der Waals surface area contributed by atoms with Crippen LogP contribution in [-0.2, 0) is 11.8 Å². The Kier molecular flexibility index (Phi) is 6.82. The van der Waals surface area contributed by atoms with Crippen LogP contribution >= 0.6 is 0 Å². The number of imidazole rings is 1. The number of hydrogen-bond donors (Lipinski definition) is 0. The van der Waals surface area contributed by atoms with Crippen molar-refractivity contribution in [3.05, 3.63) is 199 Å². The molecule has 62 heavy (non-hydrogen) atoms. The summed E-state index contributed by atoms with van der Waals surface area (Å²) >= 11 is 0. The monoisotopic (exact) mass is 818 g/mol. The average Bonchev–Trinajstić information content (AvgIpc) is 3.92. The van der Waals surface area contributed by atoms with Gasteiger partial charge in [-0.15, -0.1) is 0 Å². The molecule has 0 saturated heterocycles. The first kappa shape index (κ1) is 27.6. The van der Waals surface area contributed by atoms with E-state index in [1.165, 1.54) is 0 Å². The van der Waals surface area contributed by atoms with E-state index in [0.29, 0.717) is 33.8 Å². The zero-order valence-corrected chi connectivity index (χ0v) is 35.2. The number of hydrogen-bond acceptors (Lipinski definition) is 2. The number of fused-ring (bicyclic) bond motifs is 4. The smallest absolute Gasteiger partial charge is 0.269 e. The molecule has 5 heteroatoms. The molecule has 0 saturated carbocycles. The summed E-state index contributed by atoms with van der Waals surface area (Å²) in [6.07, 6.45) is 3.32. The Balaban J connectivity index is 1.22. The maximum Gasteiger partial charge on any atom is 0.269 e. The number of pyridine rings is 1. The molecule has 5 nitrogen and oxygen atoms in total. The summed E-state index contributed by atoms with van der Waals surface area (Å²) in [5.41, 5.74) is 3.59. The van der Waals surface area contributed by atoms with Gasteiger partial charge in [0.25, 0.3) is 6.33 Å². The molecular formula is C57H50N4O. The molecule has 0 fully saturated rings. The van der Waals surface area contributed by atoms with Crippen LogP contribution in [0.3, 0.4) is 0 Å². The lowest BCUT2D eigenvalue weighted by atomic mass is 9.88. The van der Waals surface area contributed by atoms with E-state index in [0.717, 1.165) is 33.2 Å². The summed E-state index contributed by atoms with van der Waals surface area (Å²) < 4.78 is 119. The van der Waals surface area contributed by atoms with Crippen molar-refractivity contribution < 1.29 is 25.8 Å². The Morgan fingerprint density at radius 2 is 1.31 bits per heavy atom. The van der Waals surface area contributed by atoms with Gasteiger partial charge in [-0.3, -0.25) is 13.7 Å². The summed E-state index contributed by atoms with van der Waals surface area (Å²) in [6.45, 7) is 11.9. The molecule has 0 aliphatic heterocycles. The second-order valence-corrected chi connectivity index (χ2v) is 17.3. The summed E-state index contributed by atoms with van der Waals surface area (Å²) in [5, 5.41) is 2.02. The maximum absolute atomic E-state index is 9.55. The van der Waals surface area contributed by atoms with E-state index in [1.807, 2.05) is 75.5 Å². The molecule has 0 unspecified atom stereocenters. The van der Waals surface area contributed by atoms with Gasteiger partial charge in [0, 0.05) is 25.8 Å². The standard InChI is InChI=1S/C57H50N4O/c1-56(2,3)37-39-32-43(35-45(33-39)62-44-28-29-49-48-22-13-14-25-50(48)61(53(49)36-44)54-34-42(30-31-58-54)57(4,5)6)59-38-60(52-27-16-15-26-51(52)59)55-46(40-18-9-7-10-19-40)23-17-24-47(55)41-20-11-8-12-21-41/h7-36H,37H2,1-6H3/i7D,8D,9D,10D,11D,12D,18D,19D,20D,21D,37D2. The van der Waals surface area contributed by atoms with E-state index in [2.05, 4.69) is 49.9 Å². The van der Waals surface area contributed by atoms with E-state index >= 15 is 0 Å². The molecule has 0 N–H and O–H groups in total. The fourth-order valence-electron chi connectivity index (χ4n) is 8.06. The first-order valence-electron chi connectivity index (χ1n) is 26.5. The fraction of sp³-hybridized carbons (Fsp3) is 0.158. The molecule has 10 aromatic rings. The normalized spacial score (nSPS) is 15.1. The maximum atomic E-state index is 9.55. The van der Waals surface area contributed by atoms with Crippen LogP contribution in [0.1, 0.15) is 69.1 Å². The molecule has 304 valence electrons. The lowest BCUT2D eigenvalue weighted by Crippen LogP contribution is -2.31. The number of nitrogens with zero attached hydrogens (tertiary/aromatic N) is 4. The van der Waals surface area contributed by atoms with Gasteiger partial charge in [0.2, 0.25) is 0 Å². The molecule has 10 rings (SSSR count). The molecule has 7 aromatic carbocycles. The van der Waals surface area contributed by atoms with E-state index in [9.17, 15) is 2.74 Å². The molecule has 3 heterocycles. The van der Waals surface area contributed by atoms with Crippen molar-refractivity contribution >= 4 is 32.8 Å². The van der Waals surface area contributed by atoms with Gasteiger partial charge in [0.1, 0.15) is 17.3 Å². The number of ether oxygens (including phenoxy) is 1. The molecule has 0 aliphatic carbocycles. The number of aromatic nitrogens is 4. The lowest BCUT2D eigenvalue weighted by Gasteiger charge is -2.20. The van der Waals surface area contributed by atoms with Crippen LogP contribution in [0.4, 0.5) is 0 Å². The highest BCUT2D eigenvalue weighted by atomic mass is 16.5. The molecule has 0 aliphatic rings. The Morgan fingerprint density at radius 1 is 0.645 bits per heavy atom. The molecular weight excluding hydrogens is 757 g/mol. The Hall–Kier alpha value is -7.24. The van der Waals surface area contributed by atoms with Crippen molar-refractivity contribution in [3.8, 4) is 50.9 Å². The molecule has 0 spiro atoms. The zero-order valence-electron chi connectivity index (χ0n) is 47.2. The van der Waals surface area contributed by atoms with Crippen molar-refractivity contribution in [2.24, 2.45) is 5.41 Å². The van der Waals surface area contributed by atoms with E-state index in [-0.39, 0.29) is 33.4 Å². The largest absolute Gasteiger partial charge is 0.458 e. The number of benzene rings is 7. The summed E-state index contributed by atoms with van der Waals surface area (Å²) in [5.74, 6) is 1.52. The van der Waals surface area contributed by atoms with Crippen molar-refractivity contribution in [3.63, 3.8) is 0 Å². The topological polar surface area (TPSA) is 35.9 Å². The third-order valence-corrected chi connectivity index (χ3v) is 10.8. The number of para-hydroxylation sites is 4. The summed E-state index contributed by atoms with van der Waals surface area (Å²) in [7, 11) is 0. The van der Waals surface area contributed by atoms with E-state index < -0.39 is 72.2 Å². The Morgan fingerprint density at radius 3 is 2.00 bits per heavy atom. The third kappa shape index (κ3) is 7.34. The van der Waals surface area contributed by atoms with Gasteiger partial charge in [0.15, 0.2) is 0 Å². The first-order valence-corrected chi connectivity index (χ1v) is 20.5. The van der Waals surface area contributed by atoms with Crippen LogP contribution in [0.15, 0.2) is 182 Å². The van der Waals surface area contributed by atoms with Gasteiger partial charge in [-0.25, -0.2) is 4.98 Å². The Bertz CT molecular complexity index is 3810. The van der Waals surface area contributed by atoms with Crippen molar-refractivity contribution in [1.82, 2.24) is 14.1 Å². The third-order valence-electron chi connectivity index (χ3n) is 10.8. The predicted octanol–water partition coefficient (Wildman–Crippen LogP) is 14.2. The van der Waals surface area contributed by atoms with Crippen LogP contribution in [0.25, 0.3) is 72.3 Å². The predicted molar refractivity (Wildman–Crippen MR) is 255 cm³/mol. The van der Waals surface area contributed by atoms with Gasteiger partial charge >= 0.3 is 0 Å². The highest BCUT2D eigenvalue weighted by molar-refractivity contribution is 6.09. The Labute approximate surface area is 381 Å². The minimum absolute atomic E-state index is 0.102. The zero-order chi connectivity index (χ0) is 53.1. The molecule has 0 bridgehead atoms. The minimum Gasteiger partial charge on any atom is -0.458 e. The quantitative estimate of drug-likeness (QED) is 0.113. The van der Waals surface area contributed by atoms with Crippen LogP contribution in [0.2, 0.25) is 0 Å². The highest BCUT2D eigenvalue weighted by Gasteiger charge is 2.22. The second kappa shape index (κ2) is 15.3. The molecule has 3 aromatic heterocycles. The molecule has 0 radical (unpaired) electrons. The SMILES string of the molecule is [2H]c1c([2H])c([2H])c(-c2cccc(-c3c([2H])c([2H])c([2H])c([2H])c3[2H])c2-[n+]2[c-]n(-c3cc(Oc4ccc5c6ccccc6n(-c6cc(C(C)(C)C)ccn6)c5c4)cc(C([2H])([2H])C(C)(C)C)c3)c3ccccc32)c([2H])c1[2H]. The van der Waals surface area contributed by atoms with E-state index in [4.69, 9.17) is 23.4 Å². The van der Waals surface area contributed by atoms with Crippen molar-refractivity contribution in [1.29, 1.82) is 0 Å². The molecule has 0 atom stereocenters. The first-order chi connectivity index (χ1) is 34.9. The van der Waals surface area contributed by atoms with Gasteiger partial charge in [0.05, 0.1) is 47.1 Å². The fourth-order valence-corrected chi connectivity index (χ4v) is 8.06. The van der Waals surface area contributed by atoms with Gasteiger partial charge in [-0.1, -0.05) is 163 Å². The van der Waals surface area contributed by atoms with Crippen LogP contribution < -0.4 is 9.30 Å². The van der Waals surface area contributed by atoms with Crippen LogP contribution in [-0.4, -0.2) is 14.1 Å². The van der Waals surface area contributed by atoms with Crippen LogP contribution in [0.5, 0.6) is 11.5 Å². The van der Waals surface area contributed by atoms with E-state index in [1.54, 1.807) is 57.7 Å². The summed E-state index contributed by atoms with van der Waals surface area (Å²) in [4.78, 5) is 4.84. The highest BCUT2D eigenvalue weighted by Crippen LogP contribution is 2.38. The van der Waals surface area contributed by atoms with Crippen LogP contribution in [0, 0.1) is 11.7 Å². The van der Waals surface area contributed by atoms with Crippen molar-refractivity contribution in [2.75, 3.05) is 0 Å². The lowest BCUT2D eigenvalue weighted by molar-refractivity contribution is -0.571. The average molecular weight is 819 g/mol. The van der Waals surface area contributed by atoms with Gasteiger partial charge in [-0.05, 0) is 99.1 Å². The van der Waals surface area contributed by atoms with Crippen molar-refractivity contribution in [2.45, 2.75) is 53.3 Å². The minimum atomic E-state index is -1.93.